The number of aliphatic hydroxyl groups is 1. The Hall–Kier alpha value is -1.49. The molecular formula is C26H50O4. The average Bonchev–Trinajstić information content (AvgIpc) is 2.75. The third kappa shape index (κ3) is 18.5. The number of aryl methyl sites for hydroxylation is 1. The molecule has 1 N–H and O–H groups in total. The van der Waals surface area contributed by atoms with Crippen LogP contribution in [-0.4, -0.2) is 39.0 Å². The molecule has 0 heterocycles. The first-order valence-corrected chi connectivity index (χ1v) is 10.7. The Balaban J connectivity index is -0.000000185. The lowest BCUT2D eigenvalue weighted by molar-refractivity contribution is -0.104. The number of hydrogen-bond donors (Lipinski definition) is 1. The monoisotopic (exact) mass is 426 g/mol. The SMILES string of the molecule is C=C(C)C=O.CC.CCC(C)(c1ccc(C)cc1)C(C)(C)C.CCOC.COCO. The van der Waals surface area contributed by atoms with Crippen LogP contribution in [0.4, 0.5) is 0 Å². The van der Waals surface area contributed by atoms with Crippen molar-refractivity contribution in [2.45, 2.75) is 81.1 Å². The van der Waals surface area contributed by atoms with Gasteiger partial charge in [-0.05, 0) is 49.2 Å². The zero-order chi connectivity index (χ0) is 24.8. The Labute approximate surface area is 187 Å². The number of hydrogen-bond acceptors (Lipinski definition) is 4. The summed E-state index contributed by atoms with van der Waals surface area (Å²) in [4.78, 5) is 9.41. The highest BCUT2D eigenvalue weighted by atomic mass is 16.6. The third-order valence-corrected chi connectivity index (χ3v) is 4.67. The summed E-state index contributed by atoms with van der Waals surface area (Å²) < 4.78 is 8.64. The second-order valence-corrected chi connectivity index (χ2v) is 7.76. The molecule has 0 saturated carbocycles. The molecule has 0 amide bonds. The first-order valence-electron chi connectivity index (χ1n) is 10.7. The quantitative estimate of drug-likeness (QED) is 0.322. The van der Waals surface area contributed by atoms with Crippen molar-refractivity contribution >= 4 is 6.29 Å². The summed E-state index contributed by atoms with van der Waals surface area (Å²) in [7, 11) is 3.11. The molecule has 178 valence electrons. The predicted molar refractivity (Wildman–Crippen MR) is 132 cm³/mol. The largest absolute Gasteiger partial charge is 0.385 e. The number of ether oxygens (including phenoxy) is 2. The van der Waals surface area contributed by atoms with Crippen molar-refractivity contribution in [3.63, 3.8) is 0 Å². The summed E-state index contributed by atoms with van der Waals surface area (Å²) in [5, 5.41) is 7.65. The van der Waals surface area contributed by atoms with Crippen molar-refractivity contribution in [2.75, 3.05) is 27.6 Å². The molecular weight excluding hydrogens is 376 g/mol. The number of carbonyl (C=O) groups is 1. The van der Waals surface area contributed by atoms with Gasteiger partial charge in [-0.25, -0.2) is 0 Å². The van der Waals surface area contributed by atoms with Crippen molar-refractivity contribution in [1.82, 2.24) is 0 Å². The Kier molecular flexibility index (Phi) is 26.6. The maximum Gasteiger partial charge on any atom is 0.145 e. The highest BCUT2D eigenvalue weighted by Crippen LogP contribution is 2.43. The topological polar surface area (TPSA) is 55.8 Å². The van der Waals surface area contributed by atoms with Crippen LogP contribution in [0.15, 0.2) is 36.4 Å². The van der Waals surface area contributed by atoms with Gasteiger partial charge in [0.15, 0.2) is 0 Å². The van der Waals surface area contributed by atoms with E-state index in [9.17, 15) is 4.79 Å². The lowest BCUT2D eigenvalue weighted by Crippen LogP contribution is -2.36. The number of allylic oxidation sites excluding steroid dienone is 1. The molecule has 4 heteroatoms. The minimum absolute atomic E-state index is 0.181. The van der Waals surface area contributed by atoms with E-state index in [1.807, 2.05) is 20.8 Å². The molecule has 0 aliphatic carbocycles. The molecule has 0 saturated heterocycles. The van der Waals surface area contributed by atoms with Gasteiger partial charge in [0, 0.05) is 20.8 Å². The first-order chi connectivity index (χ1) is 13.9. The minimum atomic E-state index is -0.181. The molecule has 1 aromatic rings. The third-order valence-electron chi connectivity index (χ3n) is 4.67. The number of rotatable bonds is 5. The van der Waals surface area contributed by atoms with Gasteiger partial charge in [-0.15, -0.1) is 0 Å². The van der Waals surface area contributed by atoms with E-state index in [0.717, 1.165) is 12.9 Å². The summed E-state index contributed by atoms with van der Waals surface area (Å²) >= 11 is 0. The molecule has 30 heavy (non-hydrogen) atoms. The molecule has 1 aromatic carbocycles. The van der Waals surface area contributed by atoms with Crippen LogP contribution in [0.5, 0.6) is 0 Å². The lowest BCUT2D eigenvalue weighted by Gasteiger charge is -2.42. The zero-order valence-electron chi connectivity index (χ0n) is 21.9. The van der Waals surface area contributed by atoms with Gasteiger partial charge in [0.2, 0.25) is 0 Å². The molecule has 0 aliphatic rings. The van der Waals surface area contributed by atoms with Crippen molar-refractivity contribution in [2.24, 2.45) is 5.41 Å². The van der Waals surface area contributed by atoms with E-state index in [-0.39, 0.29) is 12.2 Å². The van der Waals surface area contributed by atoms with E-state index in [1.165, 1.54) is 24.7 Å². The van der Waals surface area contributed by atoms with Crippen LogP contribution in [0, 0.1) is 12.3 Å². The molecule has 1 atom stereocenters. The molecule has 0 spiro atoms. The van der Waals surface area contributed by atoms with Crippen molar-refractivity contribution < 1.29 is 19.4 Å². The second kappa shape index (κ2) is 22.2. The van der Waals surface area contributed by atoms with E-state index in [4.69, 9.17) is 5.11 Å². The second-order valence-electron chi connectivity index (χ2n) is 7.76. The highest BCUT2D eigenvalue weighted by molar-refractivity contribution is 5.70. The van der Waals surface area contributed by atoms with Gasteiger partial charge in [-0.2, -0.15) is 0 Å². The normalized spacial score (nSPS) is 11.4. The smallest absolute Gasteiger partial charge is 0.145 e. The molecule has 1 rings (SSSR count). The van der Waals surface area contributed by atoms with E-state index in [1.54, 1.807) is 14.0 Å². The molecule has 4 nitrogen and oxygen atoms in total. The Bertz CT molecular complexity index is 493. The molecule has 1 unspecified atom stereocenters. The highest BCUT2D eigenvalue weighted by Gasteiger charge is 2.36. The fourth-order valence-electron chi connectivity index (χ4n) is 2.09. The number of aliphatic hydroxyl groups excluding tert-OH is 1. The van der Waals surface area contributed by atoms with Gasteiger partial charge in [-0.3, -0.25) is 4.79 Å². The Morgan fingerprint density at radius 1 is 1.03 bits per heavy atom. The number of aldehydes is 1. The van der Waals surface area contributed by atoms with Crippen LogP contribution >= 0.6 is 0 Å². The van der Waals surface area contributed by atoms with Crippen LogP contribution in [0.25, 0.3) is 0 Å². The van der Waals surface area contributed by atoms with Crippen molar-refractivity contribution in [1.29, 1.82) is 0 Å². The Morgan fingerprint density at radius 3 is 1.53 bits per heavy atom. The van der Waals surface area contributed by atoms with Gasteiger partial charge < -0.3 is 14.6 Å². The summed E-state index contributed by atoms with van der Waals surface area (Å²) in [6.45, 7) is 25.4. The maximum absolute atomic E-state index is 9.41. The lowest BCUT2D eigenvalue weighted by atomic mass is 9.62. The van der Waals surface area contributed by atoms with Crippen LogP contribution in [0.3, 0.4) is 0 Å². The van der Waals surface area contributed by atoms with E-state index in [2.05, 4.69) is 81.9 Å². The van der Waals surface area contributed by atoms with Gasteiger partial charge >= 0.3 is 0 Å². The molecule has 0 radical (unpaired) electrons. The summed E-state index contributed by atoms with van der Waals surface area (Å²) in [6, 6.07) is 9.00. The molecule has 0 aliphatic heterocycles. The minimum Gasteiger partial charge on any atom is -0.385 e. The summed E-state index contributed by atoms with van der Waals surface area (Å²) in [6.07, 6.45) is 1.90. The van der Waals surface area contributed by atoms with Crippen LogP contribution < -0.4 is 0 Å². The number of benzene rings is 1. The average molecular weight is 427 g/mol. The molecule has 0 bridgehead atoms. The van der Waals surface area contributed by atoms with Gasteiger partial charge in [0.1, 0.15) is 13.1 Å². The first kappa shape index (κ1) is 35.9. The van der Waals surface area contributed by atoms with Gasteiger partial charge in [0.25, 0.3) is 0 Å². The van der Waals surface area contributed by atoms with E-state index < -0.39 is 0 Å². The Morgan fingerprint density at radius 2 is 1.37 bits per heavy atom. The summed E-state index contributed by atoms with van der Waals surface area (Å²) in [5.41, 5.74) is 3.94. The van der Waals surface area contributed by atoms with E-state index in [0.29, 0.717) is 11.0 Å². The fourth-order valence-corrected chi connectivity index (χ4v) is 2.09. The molecule has 0 fully saturated rings. The number of methoxy groups -OCH3 is 2. The van der Waals surface area contributed by atoms with Gasteiger partial charge in [-0.1, -0.05) is 84.9 Å². The molecule has 0 aromatic heterocycles. The van der Waals surface area contributed by atoms with Gasteiger partial charge in [0.05, 0.1) is 0 Å². The standard InChI is InChI=1S/C15H24.C4H6O.C3H8O.C2H6O2.C2H6/c1-7-15(6,14(3,4)5)13-10-8-12(2)9-11-13;1-4(2)3-5;1-3-4-2;1-4-2-3;1-2/h8-11H,7H2,1-6H3;3H,1H2,2H3;3H2,1-2H3;3H,2H2,1H3;1-2H3. The number of carbonyl (C=O) groups excluding carboxylic acids is 1. The zero-order valence-corrected chi connectivity index (χ0v) is 21.9. The van der Waals surface area contributed by atoms with E-state index >= 15 is 0 Å². The summed E-state index contributed by atoms with van der Waals surface area (Å²) in [5.74, 6) is 0. The van der Waals surface area contributed by atoms with Crippen LogP contribution in [-0.2, 0) is 19.7 Å². The van der Waals surface area contributed by atoms with Crippen molar-refractivity contribution in [3.8, 4) is 0 Å². The fraction of sp³-hybridized carbons (Fsp3) is 0.654. The van der Waals surface area contributed by atoms with Crippen LogP contribution in [0.1, 0.15) is 79.9 Å². The van der Waals surface area contributed by atoms with Crippen molar-refractivity contribution in [3.05, 3.63) is 47.5 Å². The maximum atomic E-state index is 9.41. The van der Waals surface area contributed by atoms with Crippen LogP contribution in [0.2, 0.25) is 0 Å². The predicted octanol–water partition coefficient (Wildman–Crippen LogP) is 6.73.